The molecule has 0 unspecified atom stereocenters. The predicted octanol–water partition coefficient (Wildman–Crippen LogP) is 2.42. The smallest absolute Gasteiger partial charge is 0.223 e. The third kappa shape index (κ3) is 1.47. The van der Waals surface area contributed by atoms with Crippen molar-refractivity contribution in [2.24, 2.45) is 0 Å². The van der Waals surface area contributed by atoms with Gasteiger partial charge in [0.2, 0.25) is 5.52 Å². The Labute approximate surface area is 78.0 Å². The molecule has 68 valence electrons. The molecule has 0 saturated heterocycles. The van der Waals surface area contributed by atoms with Crippen molar-refractivity contribution in [3.05, 3.63) is 47.3 Å². The second-order valence-electron chi connectivity index (χ2n) is 2.84. The molecule has 2 heteroatoms. The summed E-state index contributed by atoms with van der Waals surface area (Å²) in [5.41, 5.74) is 1.87. The van der Waals surface area contributed by atoms with Gasteiger partial charge in [0.15, 0.2) is 6.20 Å². The van der Waals surface area contributed by atoms with Gasteiger partial charge in [-0.25, -0.2) is 0 Å². The summed E-state index contributed by atoms with van der Waals surface area (Å²) in [6.45, 7) is 2.00. The molecule has 0 atom stereocenters. The van der Waals surface area contributed by atoms with E-state index in [4.69, 9.17) is 0 Å². The first kappa shape index (κ1) is 9.52. The van der Waals surface area contributed by atoms with E-state index >= 15 is 0 Å². The van der Waals surface area contributed by atoms with Crippen molar-refractivity contribution in [1.82, 2.24) is 0 Å². The Morgan fingerprint density at radius 2 is 1.85 bits per heavy atom. The number of para-hydroxylation sites is 1. The molecule has 1 heterocycles. The Kier molecular flexibility index (Phi) is 2.52. The molecule has 0 aliphatic rings. The minimum Gasteiger partial charge on any atom is -0.618 e. The van der Waals surface area contributed by atoms with Crippen LogP contribution in [0.5, 0.6) is 0 Å². The van der Waals surface area contributed by atoms with Gasteiger partial charge in [-0.1, -0.05) is 19.6 Å². The summed E-state index contributed by atoms with van der Waals surface area (Å²) in [4.78, 5) is 0. The molecule has 1 aromatic heterocycles. The molecule has 0 aliphatic carbocycles. The minimum atomic E-state index is 0. The number of hydrogen-bond donors (Lipinski definition) is 0. The molecular weight excluding hydrogens is 162 g/mol. The monoisotopic (exact) mass is 175 g/mol. The van der Waals surface area contributed by atoms with Gasteiger partial charge in [-0.2, -0.15) is 4.73 Å². The van der Waals surface area contributed by atoms with E-state index < -0.39 is 0 Å². The van der Waals surface area contributed by atoms with E-state index in [0.29, 0.717) is 0 Å². The average molecular weight is 175 g/mol. The summed E-state index contributed by atoms with van der Waals surface area (Å²) in [7, 11) is 0. The third-order valence-corrected chi connectivity index (χ3v) is 2.03. The van der Waals surface area contributed by atoms with Crippen LogP contribution < -0.4 is 4.73 Å². The van der Waals surface area contributed by atoms with Crippen LogP contribution in [0.1, 0.15) is 13.0 Å². The number of benzene rings is 1. The summed E-state index contributed by atoms with van der Waals surface area (Å²) >= 11 is 0. The van der Waals surface area contributed by atoms with Crippen LogP contribution in [-0.4, -0.2) is 0 Å². The number of nitrogens with zero attached hydrogens (tertiary/aromatic N) is 1. The van der Waals surface area contributed by atoms with Gasteiger partial charge in [-0.05, 0) is 18.6 Å². The summed E-state index contributed by atoms with van der Waals surface area (Å²) in [6, 6.07) is 9.43. The van der Waals surface area contributed by atoms with Crippen molar-refractivity contribution < 1.29 is 4.73 Å². The highest BCUT2D eigenvalue weighted by atomic mass is 16.5. The zero-order valence-electron chi connectivity index (χ0n) is 6.82. The van der Waals surface area contributed by atoms with Gasteiger partial charge < -0.3 is 5.21 Å². The lowest BCUT2D eigenvalue weighted by Crippen LogP contribution is -2.26. The van der Waals surface area contributed by atoms with Crippen molar-refractivity contribution in [2.75, 3.05) is 0 Å². The summed E-state index contributed by atoms with van der Waals surface area (Å²) in [5, 5.41) is 12.3. The largest absolute Gasteiger partial charge is 0.618 e. The molecule has 0 bridgehead atoms. The zero-order valence-corrected chi connectivity index (χ0v) is 6.82. The average Bonchev–Trinajstić information content (AvgIpc) is 2.12. The molecule has 0 saturated carbocycles. The molecule has 2 nitrogen and oxygen atoms in total. The number of pyridine rings is 1. The Bertz CT molecular complexity index is 383. The number of rotatable bonds is 0. The van der Waals surface area contributed by atoms with Crippen LogP contribution in [0, 0.1) is 12.1 Å². The number of hydrogen-bond acceptors (Lipinski definition) is 1. The maximum Gasteiger partial charge on any atom is 0.223 e. The van der Waals surface area contributed by atoms with Gasteiger partial charge in [0, 0.05) is 12.1 Å². The molecule has 0 amide bonds. The lowest BCUT2D eigenvalue weighted by molar-refractivity contribution is -0.577. The second kappa shape index (κ2) is 3.44. The zero-order chi connectivity index (χ0) is 8.55. The highest BCUT2D eigenvalue weighted by Gasteiger charge is 2.02. The van der Waals surface area contributed by atoms with E-state index in [1.165, 1.54) is 6.20 Å². The SMILES string of the molecule is C.Cc1cc[n+]([O-])c2ccccc12. The fraction of sp³-hybridized carbons (Fsp3) is 0.182. The van der Waals surface area contributed by atoms with E-state index in [1.54, 1.807) is 0 Å². The Morgan fingerprint density at radius 3 is 2.54 bits per heavy atom. The number of aromatic nitrogens is 1. The maximum atomic E-state index is 11.2. The summed E-state index contributed by atoms with van der Waals surface area (Å²) in [5.74, 6) is 0. The highest BCUT2D eigenvalue weighted by Crippen LogP contribution is 2.12. The first-order valence-corrected chi connectivity index (χ1v) is 3.86. The minimum absolute atomic E-state index is 0. The third-order valence-electron chi connectivity index (χ3n) is 2.03. The van der Waals surface area contributed by atoms with Crippen molar-refractivity contribution in [1.29, 1.82) is 0 Å². The van der Waals surface area contributed by atoms with Gasteiger partial charge in [-0.3, -0.25) is 0 Å². The van der Waals surface area contributed by atoms with Crippen molar-refractivity contribution in [3.8, 4) is 0 Å². The number of aryl methyl sites for hydroxylation is 1. The van der Waals surface area contributed by atoms with E-state index in [2.05, 4.69) is 0 Å². The first-order valence-electron chi connectivity index (χ1n) is 3.86. The summed E-state index contributed by atoms with van der Waals surface area (Å²) in [6.07, 6.45) is 1.54. The van der Waals surface area contributed by atoms with Crippen molar-refractivity contribution >= 4 is 10.9 Å². The fourth-order valence-corrected chi connectivity index (χ4v) is 1.35. The van der Waals surface area contributed by atoms with E-state index in [0.717, 1.165) is 21.2 Å². The molecule has 0 N–H and O–H groups in total. The molecule has 2 rings (SSSR count). The lowest BCUT2D eigenvalue weighted by Gasteiger charge is -2.02. The van der Waals surface area contributed by atoms with Crippen LogP contribution in [0.25, 0.3) is 10.9 Å². The maximum absolute atomic E-state index is 11.2. The normalized spacial score (nSPS) is 9.62. The molecule has 0 spiro atoms. The van der Waals surface area contributed by atoms with E-state index in [-0.39, 0.29) is 7.43 Å². The van der Waals surface area contributed by atoms with Crippen LogP contribution in [0.15, 0.2) is 36.5 Å². The van der Waals surface area contributed by atoms with Gasteiger partial charge in [0.05, 0.1) is 5.39 Å². The first-order chi connectivity index (χ1) is 5.79. The molecule has 13 heavy (non-hydrogen) atoms. The van der Waals surface area contributed by atoms with Gasteiger partial charge in [0.1, 0.15) is 0 Å². The van der Waals surface area contributed by atoms with E-state index in [1.807, 2.05) is 37.3 Å². The molecule has 1 aromatic carbocycles. The number of fused-ring (bicyclic) bond motifs is 1. The lowest BCUT2D eigenvalue weighted by atomic mass is 10.1. The molecule has 0 fully saturated rings. The summed E-state index contributed by atoms with van der Waals surface area (Å²) < 4.78 is 0.891. The van der Waals surface area contributed by atoms with Crippen molar-refractivity contribution in [2.45, 2.75) is 14.4 Å². The van der Waals surface area contributed by atoms with E-state index in [9.17, 15) is 5.21 Å². The molecule has 0 radical (unpaired) electrons. The van der Waals surface area contributed by atoms with Crippen LogP contribution in [-0.2, 0) is 0 Å². The topological polar surface area (TPSA) is 26.9 Å². The van der Waals surface area contributed by atoms with Gasteiger partial charge in [-0.15, -0.1) is 0 Å². The van der Waals surface area contributed by atoms with Crippen LogP contribution >= 0.6 is 0 Å². The molecule has 0 aliphatic heterocycles. The van der Waals surface area contributed by atoms with Crippen LogP contribution in [0.3, 0.4) is 0 Å². The second-order valence-corrected chi connectivity index (χ2v) is 2.84. The molecular formula is C11H13NO. The van der Waals surface area contributed by atoms with Crippen molar-refractivity contribution in [3.63, 3.8) is 0 Å². The Hall–Kier alpha value is -1.57. The fourth-order valence-electron chi connectivity index (χ4n) is 1.35. The predicted molar refractivity (Wildman–Crippen MR) is 54.4 cm³/mol. The Balaban J connectivity index is 0.000000845. The highest BCUT2D eigenvalue weighted by molar-refractivity contribution is 5.78. The van der Waals surface area contributed by atoms with Crippen LogP contribution in [0.4, 0.5) is 0 Å². The standard InChI is InChI=1S/C10H9NO.CH4/c1-8-6-7-11(12)10-5-3-2-4-9(8)10;/h2-7H,1H3;1H4. The van der Waals surface area contributed by atoms with Gasteiger partial charge >= 0.3 is 0 Å². The Morgan fingerprint density at radius 1 is 1.15 bits per heavy atom. The molecule has 2 aromatic rings. The van der Waals surface area contributed by atoms with Crippen LogP contribution in [0.2, 0.25) is 0 Å². The quantitative estimate of drug-likeness (QED) is 0.446. The van der Waals surface area contributed by atoms with Gasteiger partial charge in [0.25, 0.3) is 0 Å².